The molecule has 5 nitrogen and oxygen atoms in total. The fraction of sp³-hybridized carbons (Fsp3) is 0.385. The molecule has 2 N–H and O–H groups in total. The Kier molecular flexibility index (Phi) is 3.50. The molecule has 2 amide bonds. The van der Waals surface area contributed by atoms with Gasteiger partial charge in [0.15, 0.2) is 0 Å². The van der Waals surface area contributed by atoms with Gasteiger partial charge in [0, 0.05) is 5.92 Å². The molecule has 5 heteroatoms. The van der Waals surface area contributed by atoms with E-state index in [1.54, 1.807) is 7.11 Å². The van der Waals surface area contributed by atoms with Crippen molar-refractivity contribution in [2.45, 2.75) is 18.8 Å². The van der Waals surface area contributed by atoms with Crippen LogP contribution in [0.5, 0.6) is 5.75 Å². The highest BCUT2D eigenvalue weighted by Crippen LogP contribution is 2.41. The predicted octanol–water partition coefficient (Wildman–Crippen LogP) is 1.98. The quantitative estimate of drug-likeness (QED) is 0.858. The summed E-state index contributed by atoms with van der Waals surface area (Å²) in [5, 5.41) is 10.3. The zero-order valence-electron chi connectivity index (χ0n) is 10.1. The third kappa shape index (κ3) is 2.61. The number of amides is 2. The van der Waals surface area contributed by atoms with E-state index in [9.17, 15) is 9.59 Å². The molecule has 18 heavy (non-hydrogen) atoms. The minimum absolute atomic E-state index is 0.187. The first kappa shape index (κ1) is 12.4. The number of methoxy groups -OCH3 is 1. The Labute approximate surface area is 105 Å². The van der Waals surface area contributed by atoms with Crippen LogP contribution < -0.4 is 10.1 Å². The minimum atomic E-state index is -1.28. The summed E-state index contributed by atoms with van der Waals surface area (Å²) in [5.74, 6) is 0.555. The highest BCUT2D eigenvalue weighted by Gasteiger charge is 2.35. The monoisotopic (exact) mass is 249 g/mol. The Morgan fingerprint density at radius 3 is 2.39 bits per heavy atom. The number of hydrogen-bond donors (Lipinski definition) is 2. The number of rotatable bonds is 3. The van der Waals surface area contributed by atoms with Crippen molar-refractivity contribution in [1.29, 1.82) is 0 Å². The van der Waals surface area contributed by atoms with Gasteiger partial charge in [0.25, 0.3) is 0 Å². The van der Waals surface area contributed by atoms with Gasteiger partial charge in [0.05, 0.1) is 7.11 Å². The summed E-state index contributed by atoms with van der Waals surface area (Å²) in [7, 11) is 1.62. The van der Waals surface area contributed by atoms with E-state index in [4.69, 9.17) is 9.84 Å². The standard InChI is InChI=1S/C13H15NO4/c1-18-11-4-2-8(3-5-11)9-6-10(7-9)12(15)14-13(16)17/h2-5,9-10H,6-7H2,1H3,(H,14,15)(H,16,17)/t9-,10+. The average Bonchev–Trinajstić information content (AvgIpc) is 2.27. The van der Waals surface area contributed by atoms with Crippen molar-refractivity contribution in [3.63, 3.8) is 0 Å². The SMILES string of the molecule is COc1ccc([C@H]2C[C@@H](C(=O)NC(=O)O)C2)cc1. The van der Waals surface area contributed by atoms with Crippen molar-refractivity contribution in [3.05, 3.63) is 29.8 Å². The van der Waals surface area contributed by atoms with Crippen LogP contribution in [0.25, 0.3) is 0 Å². The zero-order valence-corrected chi connectivity index (χ0v) is 10.1. The van der Waals surface area contributed by atoms with Gasteiger partial charge in [0.1, 0.15) is 5.75 Å². The molecule has 96 valence electrons. The van der Waals surface area contributed by atoms with Crippen molar-refractivity contribution in [3.8, 4) is 5.75 Å². The number of carbonyl (C=O) groups excluding carboxylic acids is 1. The number of carbonyl (C=O) groups is 2. The summed E-state index contributed by atoms with van der Waals surface area (Å²) in [6, 6.07) is 7.74. The van der Waals surface area contributed by atoms with Crippen molar-refractivity contribution in [2.75, 3.05) is 7.11 Å². The zero-order chi connectivity index (χ0) is 13.1. The van der Waals surface area contributed by atoms with Gasteiger partial charge in [-0.2, -0.15) is 0 Å². The van der Waals surface area contributed by atoms with E-state index >= 15 is 0 Å². The van der Waals surface area contributed by atoms with Gasteiger partial charge in [-0.3, -0.25) is 10.1 Å². The minimum Gasteiger partial charge on any atom is -0.497 e. The third-order valence-electron chi connectivity index (χ3n) is 3.33. The van der Waals surface area contributed by atoms with Crippen LogP contribution in [0.1, 0.15) is 24.3 Å². The van der Waals surface area contributed by atoms with E-state index in [1.165, 1.54) is 0 Å². The van der Waals surface area contributed by atoms with Crippen LogP contribution in [0.3, 0.4) is 0 Å². The topological polar surface area (TPSA) is 75.6 Å². The molecule has 0 heterocycles. The molecule has 1 aliphatic rings. The van der Waals surface area contributed by atoms with E-state index in [1.807, 2.05) is 29.6 Å². The summed E-state index contributed by atoms with van der Waals surface area (Å²) in [5.41, 5.74) is 1.16. The third-order valence-corrected chi connectivity index (χ3v) is 3.33. The summed E-state index contributed by atoms with van der Waals surface area (Å²) in [6.45, 7) is 0. The Balaban J connectivity index is 1.88. The van der Waals surface area contributed by atoms with Gasteiger partial charge in [0.2, 0.25) is 5.91 Å². The maximum atomic E-state index is 11.4. The lowest BCUT2D eigenvalue weighted by atomic mass is 9.71. The second-order valence-electron chi connectivity index (χ2n) is 4.43. The molecule has 0 saturated heterocycles. The van der Waals surface area contributed by atoms with Crippen LogP contribution in [0, 0.1) is 5.92 Å². The molecule has 1 aliphatic carbocycles. The molecule has 1 aromatic carbocycles. The van der Waals surface area contributed by atoms with Crippen molar-refractivity contribution in [1.82, 2.24) is 5.32 Å². The van der Waals surface area contributed by atoms with Crippen molar-refractivity contribution in [2.24, 2.45) is 5.92 Å². The first-order valence-electron chi connectivity index (χ1n) is 5.78. The van der Waals surface area contributed by atoms with E-state index in [-0.39, 0.29) is 5.92 Å². The molecule has 0 aliphatic heterocycles. The van der Waals surface area contributed by atoms with Crippen LogP contribution in [-0.2, 0) is 4.79 Å². The highest BCUT2D eigenvalue weighted by molar-refractivity contribution is 5.92. The van der Waals surface area contributed by atoms with E-state index in [0.29, 0.717) is 18.8 Å². The van der Waals surface area contributed by atoms with Gasteiger partial charge >= 0.3 is 6.09 Å². The second kappa shape index (κ2) is 5.08. The Morgan fingerprint density at radius 2 is 1.89 bits per heavy atom. The van der Waals surface area contributed by atoms with Crippen LogP contribution in [0.15, 0.2) is 24.3 Å². The molecule has 0 atom stereocenters. The molecule has 0 bridgehead atoms. The van der Waals surface area contributed by atoms with E-state index in [2.05, 4.69) is 0 Å². The lowest BCUT2D eigenvalue weighted by molar-refractivity contribution is -0.127. The highest BCUT2D eigenvalue weighted by atomic mass is 16.5. The van der Waals surface area contributed by atoms with Crippen LogP contribution >= 0.6 is 0 Å². The fourth-order valence-corrected chi connectivity index (χ4v) is 2.19. The van der Waals surface area contributed by atoms with E-state index in [0.717, 1.165) is 11.3 Å². The van der Waals surface area contributed by atoms with E-state index < -0.39 is 12.0 Å². The van der Waals surface area contributed by atoms with Crippen LogP contribution in [0.4, 0.5) is 4.79 Å². The molecule has 2 rings (SSSR count). The molecule has 1 aromatic rings. The molecule has 1 saturated carbocycles. The van der Waals surface area contributed by atoms with Gasteiger partial charge in [-0.25, -0.2) is 4.79 Å². The molecular weight excluding hydrogens is 234 g/mol. The van der Waals surface area contributed by atoms with Crippen molar-refractivity contribution >= 4 is 12.0 Å². The summed E-state index contributed by atoms with van der Waals surface area (Å²) < 4.78 is 5.07. The molecular formula is C13H15NO4. The van der Waals surface area contributed by atoms with Crippen LogP contribution in [-0.4, -0.2) is 24.2 Å². The first-order valence-corrected chi connectivity index (χ1v) is 5.78. The Bertz CT molecular complexity index is 449. The predicted molar refractivity (Wildman–Crippen MR) is 64.6 cm³/mol. The number of hydrogen-bond acceptors (Lipinski definition) is 3. The molecule has 0 aromatic heterocycles. The number of carboxylic acid groups (broad SMARTS) is 1. The molecule has 0 radical (unpaired) electrons. The number of ether oxygens (including phenoxy) is 1. The maximum absolute atomic E-state index is 11.4. The number of nitrogens with one attached hydrogen (secondary N) is 1. The first-order chi connectivity index (χ1) is 8.60. The lowest BCUT2D eigenvalue weighted by Gasteiger charge is -2.34. The van der Waals surface area contributed by atoms with Gasteiger partial charge in [-0.15, -0.1) is 0 Å². The largest absolute Gasteiger partial charge is 0.497 e. The summed E-state index contributed by atoms with van der Waals surface area (Å²) in [6.07, 6.45) is 0.115. The lowest BCUT2D eigenvalue weighted by Crippen LogP contribution is -2.40. The summed E-state index contributed by atoms with van der Waals surface area (Å²) in [4.78, 5) is 21.7. The number of imide groups is 1. The second-order valence-corrected chi connectivity index (χ2v) is 4.43. The Hall–Kier alpha value is -2.04. The summed E-state index contributed by atoms with van der Waals surface area (Å²) >= 11 is 0. The average molecular weight is 249 g/mol. The normalized spacial score (nSPS) is 21.8. The van der Waals surface area contributed by atoms with Gasteiger partial charge in [-0.1, -0.05) is 12.1 Å². The Morgan fingerprint density at radius 1 is 1.28 bits per heavy atom. The van der Waals surface area contributed by atoms with Crippen molar-refractivity contribution < 1.29 is 19.4 Å². The number of benzene rings is 1. The molecule has 0 spiro atoms. The molecule has 1 fully saturated rings. The van der Waals surface area contributed by atoms with Gasteiger partial charge < -0.3 is 9.84 Å². The van der Waals surface area contributed by atoms with Crippen LogP contribution in [0.2, 0.25) is 0 Å². The smallest absolute Gasteiger partial charge is 0.411 e. The fourth-order valence-electron chi connectivity index (χ4n) is 2.19. The van der Waals surface area contributed by atoms with Gasteiger partial charge in [-0.05, 0) is 36.5 Å². The molecule has 0 unspecified atom stereocenters. The maximum Gasteiger partial charge on any atom is 0.411 e.